The van der Waals surface area contributed by atoms with Crippen molar-refractivity contribution in [3.63, 3.8) is 0 Å². The van der Waals surface area contributed by atoms with Crippen LogP contribution in [0.3, 0.4) is 0 Å². The second kappa shape index (κ2) is 2.82. The quantitative estimate of drug-likeness (QED) is 0.636. The van der Waals surface area contributed by atoms with Crippen LogP contribution >= 0.6 is 0 Å². The summed E-state index contributed by atoms with van der Waals surface area (Å²) in [5, 5.41) is 0. The van der Waals surface area contributed by atoms with Crippen LogP contribution < -0.4 is 4.74 Å². The molecular weight excluding hydrogens is 142 g/mol. The molecule has 1 saturated carbocycles. The molecule has 1 aromatic rings. The SMILES string of the molecule is c1ncnc(OCC2CC2)n1. The van der Waals surface area contributed by atoms with E-state index >= 15 is 0 Å². The van der Waals surface area contributed by atoms with Crippen LogP contribution in [0.4, 0.5) is 0 Å². The fourth-order valence-corrected chi connectivity index (χ4v) is 0.780. The van der Waals surface area contributed by atoms with Crippen LogP contribution in [0.25, 0.3) is 0 Å². The van der Waals surface area contributed by atoms with Gasteiger partial charge in [-0.2, -0.15) is 9.97 Å². The van der Waals surface area contributed by atoms with E-state index in [1.165, 1.54) is 25.5 Å². The average molecular weight is 151 g/mol. The van der Waals surface area contributed by atoms with E-state index in [4.69, 9.17) is 4.74 Å². The van der Waals surface area contributed by atoms with Gasteiger partial charge in [0.1, 0.15) is 12.7 Å². The molecule has 1 aliphatic carbocycles. The summed E-state index contributed by atoms with van der Waals surface area (Å²) >= 11 is 0. The predicted molar refractivity (Wildman–Crippen MR) is 38.0 cm³/mol. The highest BCUT2D eigenvalue weighted by molar-refractivity contribution is 4.88. The fourth-order valence-electron chi connectivity index (χ4n) is 0.780. The summed E-state index contributed by atoms with van der Waals surface area (Å²) in [4.78, 5) is 11.4. The summed E-state index contributed by atoms with van der Waals surface area (Å²) in [6, 6.07) is 0.437. The monoisotopic (exact) mass is 151 g/mol. The lowest BCUT2D eigenvalue weighted by Crippen LogP contribution is -2.02. The largest absolute Gasteiger partial charge is 0.463 e. The Morgan fingerprint density at radius 3 is 2.73 bits per heavy atom. The Kier molecular flexibility index (Phi) is 1.67. The van der Waals surface area contributed by atoms with Crippen LogP contribution in [0.5, 0.6) is 6.01 Å². The second-order valence-corrected chi connectivity index (χ2v) is 2.68. The molecule has 0 bridgehead atoms. The van der Waals surface area contributed by atoms with E-state index in [0.29, 0.717) is 6.01 Å². The molecule has 0 atom stereocenters. The first-order valence-electron chi connectivity index (χ1n) is 3.70. The summed E-state index contributed by atoms with van der Waals surface area (Å²) < 4.78 is 5.27. The van der Waals surface area contributed by atoms with E-state index in [2.05, 4.69) is 15.0 Å². The van der Waals surface area contributed by atoms with Crippen LogP contribution in [-0.2, 0) is 0 Å². The average Bonchev–Trinajstić information content (AvgIpc) is 2.86. The van der Waals surface area contributed by atoms with Gasteiger partial charge in [0, 0.05) is 0 Å². The minimum Gasteiger partial charge on any atom is -0.463 e. The Labute approximate surface area is 64.7 Å². The Hall–Kier alpha value is -1.19. The first kappa shape index (κ1) is 6.52. The lowest BCUT2D eigenvalue weighted by Gasteiger charge is -1.99. The molecule has 11 heavy (non-hydrogen) atoms. The summed E-state index contributed by atoms with van der Waals surface area (Å²) in [5.74, 6) is 0.742. The number of rotatable bonds is 3. The van der Waals surface area contributed by atoms with Crippen molar-refractivity contribution < 1.29 is 4.74 Å². The summed E-state index contributed by atoms with van der Waals surface area (Å²) in [7, 11) is 0. The normalized spacial score (nSPS) is 16.4. The summed E-state index contributed by atoms with van der Waals surface area (Å²) in [5.41, 5.74) is 0. The molecule has 0 aliphatic heterocycles. The molecule has 0 radical (unpaired) electrons. The highest BCUT2D eigenvalue weighted by atomic mass is 16.5. The van der Waals surface area contributed by atoms with Gasteiger partial charge in [0.2, 0.25) is 0 Å². The number of hydrogen-bond donors (Lipinski definition) is 0. The van der Waals surface area contributed by atoms with Gasteiger partial charge in [-0.3, -0.25) is 0 Å². The van der Waals surface area contributed by atoms with Crippen molar-refractivity contribution in [2.24, 2.45) is 5.92 Å². The predicted octanol–water partition coefficient (Wildman–Crippen LogP) is 0.660. The van der Waals surface area contributed by atoms with Crippen molar-refractivity contribution >= 4 is 0 Å². The summed E-state index contributed by atoms with van der Waals surface area (Å²) in [6.07, 6.45) is 5.45. The molecular formula is C7H9N3O. The molecule has 4 nitrogen and oxygen atoms in total. The minimum absolute atomic E-state index is 0.437. The smallest absolute Gasteiger partial charge is 0.319 e. The fraction of sp³-hybridized carbons (Fsp3) is 0.571. The first-order chi connectivity index (χ1) is 5.45. The Morgan fingerprint density at radius 1 is 1.36 bits per heavy atom. The van der Waals surface area contributed by atoms with Gasteiger partial charge in [-0.15, -0.1) is 0 Å². The molecule has 1 heterocycles. The Bertz CT molecular complexity index is 222. The molecule has 0 amide bonds. The van der Waals surface area contributed by atoms with Crippen molar-refractivity contribution in [1.29, 1.82) is 0 Å². The molecule has 1 fully saturated rings. The highest BCUT2D eigenvalue weighted by Gasteiger charge is 2.22. The Balaban J connectivity index is 1.85. The van der Waals surface area contributed by atoms with Gasteiger partial charge in [-0.05, 0) is 18.8 Å². The third-order valence-corrected chi connectivity index (χ3v) is 1.61. The zero-order chi connectivity index (χ0) is 7.52. The van der Waals surface area contributed by atoms with Crippen molar-refractivity contribution in [2.75, 3.05) is 6.61 Å². The van der Waals surface area contributed by atoms with Crippen LogP contribution in [0, 0.1) is 5.92 Å². The zero-order valence-electron chi connectivity index (χ0n) is 6.10. The van der Waals surface area contributed by atoms with Gasteiger partial charge in [-0.25, -0.2) is 4.98 Å². The standard InChI is InChI=1S/C7H9N3O/c1-2-6(1)3-11-7-9-4-8-5-10-7/h4-6H,1-3H2. The van der Waals surface area contributed by atoms with E-state index < -0.39 is 0 Å². The molecule has 0 N–H and O–H groups in total. The van der Waals surface area contributed by atoms with Crippen LogP contribution in [0.15, 0.2) is 12.7 Å². The number of nitrogens with zero attached hydrogens (tertiary/aromatic N) is 3. The maximum Gasteiger partial charge on any atom is 0.319 e. The number of ether oxygens (including phenoxy) is 1. The van der Waals surface area contributed by atoms with Crippen molar-refractivity contribution in [3.05, 3.63) is 12.7 Å². The van der Waals surface area contributed by atoms with Crippen LogP contribution in [-0.4, -0.2) is 21.6 Å². The van der Waals surface area contributed by atoms with Gasteiger partial charge in [-0.1, -0.05) is 0 Å². The Morgan fingerprint density at radius 2 is 2.09 bits per heavy atom. The van der Waals surface area contributed by atoms with E-state index in [1.54, 1.807) is 0 Å². The molecule has 58 valence electrons. The number of hydrogen-bond acceptors (Lipinski definition) is 4. The molecule has 0 saturated heterocycles. The van der Waals surface area contributed by atoms with E-state index in [9.17, 15) is 0 Å². The van der Waals surface area contributed by atoms with Crippen molar-refractivity contribution in [1.82, 2.24) is 15.0 Å². The van der Waals surface area contributed by atoms with Crippen LogP contribution in [0.2, 0.25) is 0 Å². The molecule has 0 unspecified atom stereocenters. The lowest BCUT2D eigenvalue weighted by molar-refractivity contribution is 0.275. The first-order valence-corrected chi connectivity index (χ1v) is 3.70. The molecule has 0 aromatic carbocycles. The van der Waals surface area contributed by atoms with E-state index in [0.717, 1.165) is 12.5 Å². The van der Waals surface area contributed by atoms with Gasteiger partial charge < -0.3 is 4.74 Å². The van der Waals surface area contributed by atoms with E-state index in [1.807, 2.05) is 0 Å². The second-order valence-electron chi connectivity index (χ2n) is 2.68. The lowest BCUT2D eigenvalue weighted by atomic mass is 10.5. The topological polar surface area (TPSA) is 47.9 Å². The van der Waals surface area contributed by atoms with Gasteiger partial charge in [0.15, 0.2) is 0 Å². The molecule has 1 aromatic heterocycles. The van der Waals surface area contributed by atoms with Gasteiger partial charge in [0.25, 0.3) is 0 Å². The highest BCUT2D eigenvalue weighted by Crippen LogP contribution is 2.28. The zero-order valence-corrected chi connectivity index (χ0v) is 6.10. The summed E-state index contributed by atoms with van der Waals surface area (Å²) in [6.45, 7) is 0.754. The molecule has 2 rings (SSSR count). The van der Waals surface area contributed by atoms with Crippen molar-refractivity contribution in [2.45, 2.75) is 12.8 Å². The van der Waals surface area contributed by atoms with Gasteiger partial charge in [0.05, 0.1) is 6.61 Å². The van der Waals surface area contributed by atoms with Gasteiger partial charge >= 0.3 is 6.01 Å². The van der Waals surface area contributed by atoms with Crippen LogP contribution in [0.1, 0.15) is 12.8 Å². The minimum atomic E-state index is 0.437. The third kappa shape index (κ3) is 1.86. The van der Waals surface area contributed by atoms with E-state index in [-0.39, 0.29) is 0 Å². The third-order valence-electron chi connectivity index (χ3n) is 1.61. The maximum atomic E-state index is 5.27. The molecule has 4 heteroatoms. The maximum absolute atomic E-state index is 5.27. The van der Waals surface area contributed by atoms with Crippen molar-refractivity contribution in [3.8, 4) is 6.01 Å². The molecule has 0 spiro atoms. The molecule has 1 aliphatic rings. The number of aromatic nitrogens is 3.